The second kappa shape index (κ2) is 4.90. The summed E-state index contributed by atoms with van der Waals surface area (Å²) in [6, 6.07) is 6.75. The van der Waals surface area contributed by atoms with Crippen LogP contribution in [0.3, 0.4) is 0 Å². The van der Waals surface area contributed by atoms with Gasteiger partial charge in [-0.05, 0) is 35.9 Å². The van der Waals surface area contributed by atoms with Crippen LogP contribution in [-0.4, -0.2) is 5.16 Å². The van der Waals surface area contributed by atoms with Gasteiger partial charge in [0, 0.05) is 10.3 Å². The number of hydrogen-bond acceptors (Lipinski definition) is 4. The number of fused-ring (bicyclic) bond motifs is 1. The Morgan fingerprint density at radius 3 is 2.90 bits per heavy atom. The van der Waals surface area contributed by atoms with Crippen LogP contribution in [0.2, 0.25) is 0 Å². The summed E-state index contributed by atoms with van der Waals surface area (Å²) in [5.74, 6) is 1.38. The molecule has 3 aromatic rings. The Balaban J connectivity index is 2.11. The molecular weight excluding hydrogens is 275 g/mol. The molecule has 0 unspecified atom stereocenters. The molecule has 3 rings (SSSR count). The smallest absolute Gasteiger partial charge is 0.182 e. The van der Waals surface area contributed by atoms with Crippen molar-refractivity contribution in [3.05, 3.63) is 35.6 Å². The third-order valence-electron chi connectivity index (χ3n) is 3.14. The molecule has 0 spiro atoms. The first-order valence-corrected chi connectivity index (χ1v) is 7.29. The van der Waals surface area contributed by atoms with Gasteiger partial charge < -0.3 is 10.3 Å². The monoisotopic (exact) mass is 290 g/mol. The molecule has 0 fully saturated rings. The van der Waals surface area contributed by atoms with Gasteiger partial charge in [0.1, 0.15) is 5.82 Å². The van der Waals surface area contributed by atoms with Crippen molar-refractivity contribution < 1.29 is 8.91 Å². The van der Waals surface area contributed by atoms with Crippen molar-refractivity contribution >= 4 is 27.2 Å². The summed E-state index contributed by atoms with van der Waals surface area (Å²) in [5.41, 5.74) is 6.82. The molecule has 0 saturated carbocycles. The first kappa shape index (κ1) is 13.1. The predicted octanol–water partition coefficient (Wildman–Crippen LogP) is 4.48. The standard InChI is InChI=1S/C15H15FN2OS/c1-8(2)5-11-14(19-18-15(11)17)13-6-9-3-4-10(16)7-12(9)20-13/h3-4,6-8H,5H2,1-2H3,(H2,17,18). The third kappa shape index (κ3) is 2.29. The summed E-state index contributed by atoms with van der Waals surface area (Å²) < 4.78 is 19.5. The quantitative estimate of drug-likeness (QED) is 0.774. The summed E-state index contributed by atoms with van der Waals surface area (Å²) in [6.45, 7) is 4.24. The Kier molecular flexibility index (Phi) is 3.22. The second-order valence-electron chi connectivity index (χ2n) is 5.27. The van der Waals surface area contributed by atoms with Crippen LogP contribution < -0.4 is 5.73 Å². The number of nitrogens with zero attached hydrogens (tertiary/aromatic N) is 1. The van der Waals surface area contributed by atoms with E-state index in [0.29, 0.717) is 17.5 Å². The maximum Gasteiger partial charge on any atom is 0.182 e. The number of benzene rings is 1. The summed E-state index contributed by atoms with van der Waals surface area (Å²) in [4.78, 5) is 0.936. The first-order valence-electron chi connectivity index (χ1n) is 6.48. The van der Waals surface area contributed by atoms with Crippen LogP contribution in [0.5, 0.6) is 0 Å². The minimum Gasteiger partial charge on any atom is -0.381 e. The van der Waals surface area contributed by atoms with Crippen LogP contribution >= 0.6 is 11.3 Å². The lowest BCUT2D eigenvalue weighted by atomic mass is 10.0. The lowest BCUT2D eigenvalue weighted by molar-refractivity contribution is 0.435. The molecule has 0 saturated heterocycles. The fourth-order valence-electron chi connectivity index (χ4n) is 2.24. The van der Waals surface area contributed by atoms with Crippen molar-refractivity contribution in [3.63, 3.8) is 0 Å². The van der Waals surface area contributed by atoms with Crippen LogP contribution in [0.1, 0.15) is 19.4 Å². The number of rotatable bonds is 3. The molecule has 2 aromatic heterocycles. The van der Waals surface area contributed by atoms with E-state index in [-0.39, 0.29) is 5.82 Å². The van der Waals surface area contributed by atoms with E-state index in [0.717, 1.165) is 26.9 Å². The summed E-state index contributed by atoms with van der Waals surface area (Å²) in [6.07, 6.45) is 0.813. The molecule has 5 heteroatoms. The highest BCUT2D eigenvalue weighted by atomic mass is 32.1. The molecule has 0 atom stereocenters. The highest BCUT2D eigenvalue weighted by Gasteiger charge is 2.18. The highest BCUT2D eigenvalue weighted by Crippen LogP contribution is 2.37. The van der Waals surface area contributed by atoms with Gasteiger partial charge in [0.25, 0.3) is 0 Å². The fourth-order valence-corrected chi connectivity index (χ4v) is 3.33. The maximum absolute atomic E-state index is 13.3. The van der Waals surface area contributed by atoms with Crippen LogP contribution in [0, 0.1) is 11.7 Å². The Morgan fingerprint density at radius 1 is 1.35 bits per heavy atom. The van der Waals surface area contributed by atoms with Gasteiger partial charge in [0.2, 0.25) is 0 Å². The lowest BCUT2D eigenvalue weighted by Crippen LogP contribution is -1.98. The van der Waals surface area contributed by atoms with Crippen molar-refractivity contribution in [1.82, 2.24) is 5.16 Å². The largest absolute Gasteiger partial charge is 0.381 e. The van der Waals surface area contributed by atoms with Crippen LogP contribution in [0.15, 0.2) is 28.8 Å². The molecule has 20 heavy (non-hydrogen) atoms. The zero-order valence-electron chi connectivity index (χ0n) is 11.3. The number of halogens is 1. The van der Waals surface area contributed by atoms with E-state index < -0.39 is 0 Å². The van der Waals surface area contributed by atoms with Gasteiger partial charge in [-0.2, -0.15) is 0 Å². The van der Waals surface area contributed by atoms with Crippen molar-refractivity contribution in [2.45, 2.75) is 20.3 Å². The topological polar surface area (TPSA) is 52.0 Å². The molecule has 0 aliphatic carbocycles. The van der Waals surface area contributed by atoms with Crippen LogP contribution in [-0.2, 0) is 6.42 Å². The average molecular weight is 290 g/mol. The van der Waals surface area contributed by atoms with Crippen molar-refractivity contribution in [2.75, 3.05) is 5.73 Å². The average Bonchev–Trinajstić information content (AvgIpc) is 2.93. The number of nitrogens with two attached hydrogens (primary N) is 1. The van der Waals surface area contributed by atoms with Gasteiger partial charge in [-0.1, -0.05) is 25.1 Å². The Labute approximate surface area is 120 Å². The first-order chi connectivity index (χ1) is 9.54. The number of thiophene rings is 1. The van der Waals surface area contributed by atoms with Gasteiger partial charge in [0.05, 0.1) is 4.88 Å². The van der Waals surface area contributed by atoms with Crippen molar-refractivity contribution in [2.24, 2.45) is 5.92 Å². The molecule has 0 aliphatic heterocycles. The van der Waals surface area contributed by atoms with E-state index in [1.54, 1.807) is 6.07 Å². The van der Waals surface area contributed by atoms with Gasteiger partial charge in [-0.3, -0.25) is 0 Å². The third-order valence-corrected chi connectivity index (χ3v) is 4.23. The van der Waals surface area contributed by atoms with Gasteiger partial charge in [0.15, 0.2) is 11.6 Å². The molecule has 104 valence electrons. The van der Waals surface area contributed by atoms with Gasteiger partial charge in [-0.25, -0.2) is 4.39 Å². The molecule has 0 aliphatic rings. The van der Waals surface area contributed by atoms with Crippen molar-refractivity contribution in [3.8, 4) is 10.6 Å². The highest BCUT2D eigenvalue weighted by molar-refractivity contribution is 7.22. The van der Waals surface area contributed by atoms with E-state index in [9.17, 15) is 4.39 Å². The molecular formula is C15H15FN2OS. The van der Waals surface area contributed by atoms with Gasteiger partial charge >= 0.3 is 0 Å². The number of hydrogen-bond donors (Lipinski definition) is 1. The van der Waals surface area contributed by atoms with E-state index >= 15 is 0 Å². The summed E-state index contributed by atoms with van der Waals surface area (Å²) in [5, 5.41) is 4.87. The SMILES string of the molecule is CC(C)Cc1c(N)noc1-c1cc2ccc(F)cc2s1. The summed E-state index contributed by atoms with van der Waals surface area (Å²) >= 11 is 1.49. The normalized spacial score (nSPS) is 11.6. The molecule has 2 heterocycles. The summed E-state index contributed by atoms with van der Waals surface area (Å²) in [7, 11) is 0. The second-order valence-corrected chi connectivity index (χ2v) is 6.35. The van der Waals surface area contributed by atoms with E-state index in [1.807, 2.05) is 6.07 Å². The lowest BCUT2D eigenvalue weighted by Gasteiger charge is -2.03. The van der Waals surface area contributed by atoms with E-state index in [4.69, 9.17) is 10.3 Å². The van der Waals surface area contributed by atoms with E-state index in [1.165, 1.54) is 23.5 Å². The molecule has 1 aromatic carbocycles. The fraction of sp³-hybridized carbons (Fsp3) is 0.267. The predicted molar refractivity (Wildman–Crippen MR) is 80.2 cm³/mol. The molecule has 2 N–H and O–H groups in total. The molecule has 0 amide bonds. The minimum absolute atomic E-state index is 0.231. The molecule has 0 radical (unpaired) electrons. The molecule has 3 nitrogen and oxygen atoms in total. The van der Waals surface area contributed by atoms with Gasteiger partial charge in [-0.15, -0.1) is 11.3 Å². The zero-order valence-corrected chi connectivity index (χ0v) is 12.1. The minimum atomic E-state index is -0.231. The maximum atomic E-state index is 13.3. The van der Waals surface area contributed by atoms with E-state index in [2.05, 4.69) is 19.0 Å². The molecule has 0 bridgehead atoms. The Hall–Kier alpha value is -1.88. The number of anilines is 1. The number of aromatic nitrogens is 1. The Bertz CT molecular complexity index is 760. The Morgan fingerprint density at radius 2 is 2.15 bits per heavy atom. The number of nitrogen functional groups attached to an aromatic ring is 1. The van der Waals surface area contributed by atoms with Crippen molar-refractivity contribution in [1.29, 1.82) is 0 Å². The van der Waals surface area contributed by atoms with Crippen LogP contribution in [0.4, 0.5) is 10.2 Å². The van der Waals surface area contributed by atoms with Crippen LogP contribution in [0.25, 0.3) is 20.7 Å². The zero-order chi connectivity index (χ0) is 14.3.